The lowest BCUT2D eigenvalue weighted by Gasteiger charge is -2.14. The molecule has 0 saturated carbocycles. The molecule has 0 aliphatic heterocycles. The summed E-state index contributed by atoms with van der Waals surface area (Å²) in [6.45, 7) is 0. The van der Waals surface area contributed by atoms with E-state index < -0.39 is 0 Å². The highest BCUT2D eigenvalue weighted by Crippen LogP contribution is 2.29. The third-order valence-electron chi connectivity index (χ3n) is 5.42. The molecular formula is C26H19ClN4O2S. The minimum absolute atomic E-state index is 0.115. The van der Waals surface area contributed by atoms with E-state index in [-0.39, 0.29) is 11.0 Å². The molecule has 3 N–H and O–H groups in total. The second kappa shape index (κ2) is 9.13. The number of H-pyrrole nitrogens is 1. The van der Waals surface area contributed by atoms with Gasteiger partial charge in [-0.25, -0.2) is 4.98 Å². The van der Waals surface area contributed by atoms with Crippen LogP contribution in [0.15, 0.2) is 78.9 Å². The van der Waals surface area contributed by atoms with Crippen molar-refractivity contribution < 1.29 is 9.53 Å². The zero-order chi connectivity index (χ0) is 23.7. The van der Waals surface area contributed by atoms with Gasteiger partial charge in [0.15, 0.2) is 5.11 Å². The summed E-state index contributed by atoms with van der Waals surface area (Å²) in [7, 11) is 1.53. The molecule has 1 heterocycles. The number of imidazole rings is 1. The second-order valence-corrected chi connectivity index (χ2v) is 8.42. The predicted molar refractivity (Wildman–Crippen MR) is 141 cm³/mol. The maximum Gasteiger partial charge on any atom is 0.261 e. The molecular weight excluding hydrogens is 468 g/mol. The number of benzene rings is 4. The number of thiocarbonyl (C=S) groups is 1. The molecule has 0 unspecified atom stereocenters. The third-order valence-corrected chi connectivity index (χ3v) is 5.95. The number of para-hydroxylation sites is 2. The van der Waals surface area contributed by atoms with Gasteiger partial charge in [-0.15, -0.1) is 0 Å². The molecule has 1 aromatic heterocycles. The number of amides is 1. The number of nitrogens with one attached hydrogen (secondary N) is 3. The van der Waals surface area contributed by atoms with Crippen LogP contribution in [0.1, 0.15) is 10.4 Å². The Kier molecular flexibility index (Phi) is 5.88. The number of carbonyl (C=O) groups is 1. The SMILES string of the molecule is COc1cc2ccccc2cc1C(=O)NC(=S)Nc1cc(-c2nc3ccccc3[nH]2)ccc1Cl. The summed E-state index contributed by atoms with van der Waals surface area (Å²) in [4.78, 5) is 20.9. The topological polar surface area (TPSA) is 79.0 Å². The Morgan fingerprint density at radius 1 is 1.00 bits per heavy atom. The highest BCUT2D eigenvalue weighted by Gasteiger charge is 2.16. The molecule has 168 valence electrons. The molecule has 0 saturated heterocycles. The quantitative estimate of drug-likeness (QED) is 0.265. The van der Waals surface area contributed by atoms with Gasteiger partial charge in [-0.2, -0.15) is 0 Å². The van der Waals surface area contributed by atoms with Crippen molar-refractivity contribution in [1.82, 2.24) is 15.3 Å². The molecule has 34 heavy (non-hydrogen) atoms. The van der Waals surface area contributed by atoms with Crippen molar-refractivity contribution in [3.05, 3.63) is 89.4 Å². The largest absolute Gasteiger partial charge is 0.496 e. The van der Waals surface area contributed by atoms with E-state index in [1.807, 2.05) is 66.7 Å². The fraction of sp³-hybridized carbons (Fsp3) is 0.0385. The van der Waals surface area contributed by atoms with Crippen molar-refractivity contribution in [3.8, 4) is 17.1 Å². The van der Waals surface area contributed by atoms with Crippen molar-refractivity contribution in [2.24, 2.45) is 0 Å². The molecule has 0 aliphatic rings. The summed E-state index contributed by atoms with van der Waals surface area (Å²) < 4.78 is 5.43. The van der Waals surface area contributed by atoms with Gasteiger partial charge in [0.2, 0.25) is 0 Å². The predicted octanol–water partition coefficient (Wildman–Crippen LogP) is 6.17. The van der Waals surface area contributed by atoms with Crippen molar-refractivity contribution in [2.75, 3.05) is 12.4 Å². The minimum Gasteiger partial charge on any atom is -0.496 e. The van der Waals surface area contributed by atoms with E-state index in [1.54, 1.807) is 12.1 Å². The number of halogens is 1. The normalized spacial score (nSPS) is 10.9. The van der Waals surface area contributed by atoms with Crippen LogP contribution in [0.4, 0.5) is 5.69 Å². The number of methoxy groups -OCH3 is 1. The van der Waals surface area contributed by atoms with E-state index in [9.17, 15) is 4.79 Å². The summed E-state index contributed by atoms with van der Waals surface area (Å²) in [5.74, 6) is 0.783. The van der Waals surface area contributed by atoms with Crippen LogP contribution in [0.25, 0.3) is 33.2 Å². The van der Waals surface area contributed by atoms with Crippen LogP contribution in [0.2, 0.25) is 5.02 Å². The lowest BCUT2D eigenvalue weighted by molar-refractivity contribution is 0.0975. The molecule has 4 aromatic carbocycles. The van der Waals surface area contributed by atoms with Crippen LogP contribution in [0.5, 0.6) is 5.75 Å². The molecule has 0 aliphatic carbocycles. The van der Waals surface area contributed by atoms with E-state index in [2.05, 4.69) is 20.6 Å². The van der Waals surface area contributed by atoms with Crippen LogP contribution < -0.4 is 15.4 Å². The Balaban J connectivity index is 1.37. The van der Waals surface area contributed by atoms with E-state index in [4.69, 9.17) is 28.6 Å². The Morgan fingerprint density at radius 2 is 1.74 bits per heavy atom. The van der Waals surface area contributed by atoms with E-state index in [0.29, 0.717) is 27.8 Å². The molecule has 0 bridgehead atoms. The average Bonchev–Trinajstić information content (AvgIpc) is 3.28. The fourth-order valence-corrected chi connectivity index (χ4v) is 4.12. The molecule has 1 amide bonds. The van der Waals surface area contributed by atoms with Crippen molar-refractivity contribution >= 4 is 62.3 Å². The van der Waals surface area contributed by atoms with Crippen LogP contribution in [0.3, 0.4) is 0 Å². The minimum atomic E-state index is -0.385. The Hall–Kier alpha value is -3.94. The maximum absolute atomic E-state index is 13.0. The molecule has 5 aromatic rings. The molecule has 0 fully saturated rings. The molecule has 0 spiro atoms. The van der Waals surface area contributed by atoms with Gasteiger partial charge in [-0.05, 0) is 65.5 Å². The van der Waals surface area contributed by atoms with Crippen molar-refractivity contribution in [2.45, 2.75) is 0 Å². The highest BCUT2D eigenvalue weighted by atomic mass is 35.5. The smallest absolute Gasteiger partial charge is 0.261 e. The van der Waals surface area contributed by atoms with Gasteiger partial charge in [0.05, 0.1) is 34.4 Å². The van der Waals surface area contributed by atoms with Crippen LogP contribution in [0, 0.1) is 0 Å². The third kappa shape index (κ3) is 4.31. The van der Waals surface area contributed by atoms with Gasteiger partial charge in [0.1, 0.15) is 11.6 Å². The first kappa shape index (κ1) is 21.9. The molecule has 0 radical (unpaired) electrons. The summed E-state index contributed by atoms with van der Waals surface area (Å²) in [5.41, 5.74) is 3.57. The van der Waals surface area contributed by atoms with E-state index >= 15 is 0 Å². The zero-order valence-electron chi connectivity index (χ0n) is 18.1. The number of aromatic amines is 1. The van der Waals surface area contributed by atoms with Gasteiger partial charge < -0.3 is 15.0 Å². The standard InChI is InChI=1S/C26H19ClN4O2S/c1-33-23-14-16-7-3-2-6-15(16)12-18(23)25(32)31-26(34)30-22-13-17(10-11-19(22)27)24-28-20-8-4-5-9-21(20)29-24/h2-14H,1H3,(H,28,29)(H2,30,31,32,34). The number of fused-ring (bicyclic) bond motifs is 2. The van der Waals surface area contributed by atoms with Gasteiger partial charge in [-0.1, -0.05) is 48.0 Å². The fourth-order valence-electron chi connectivity index (χ4n) is 3.75. The number of anilines is 1. The first-order valence-electron chi connectivity index (χ1n) is 10.5. The summed E-state index contributed by atoms with van der Waals surface area (Å²) in [6.07, 6.45) is 0. The van der Waals surface area contributed by atoms with Crippen LogP contribution in [-0.4, -0.2) is 28.1 Å². The number of nitrogens with zero attached hydrogens (tertiary/aromatic N) is 1. The Labute approximate surface area is 205 Å². The lowest BCUT2D eigenvalue weighted by Crippen LogP contribution is -2.34. The van der Waals surface area contributed by atoms with Gasteiger partial charge in [0, 0.05) is 5.56 Å². The van der Waals surface area contributed by atoms with Gasteiger partial charge in [-0.3, -0.25) is 10.1 Å². The highest BCUT2D eigenvalue weighted by molar-refractivity contribution is 7.80. The van der Waals surface area contributed by atoms with Crippen molar-refractivity contribution in [3.63, 3.8) is 0 Å². The average molecular weight is 487 g/mol. The number of hydrogen-bond donors (Lipinski definition) is 3. The van der Waals surface area contributed by atoms with Crippen molar-refractivity contribution in [1.29, 1.82) is 0 Å². The van der Waals surface area contributed by atoms with E-state index in [1.165, 1.54) is 7.11 Å². The first-order valence-corrected chi connectivity index (χ1v) is 11.2. The van der Waals surface area contributed by atoms with Gasteiger partial charge in [0.25, 0.3) is 5.91 Å². The lowest BCUT2D eigenvalue weighted by atomic mass is 10.1. The Morgan fingerprint density at radius 3 is 2.50 bits per heavy atom. The summed E-state index contributed by atoms with van der Waals surface area (Å²) >= 11 is 11.8. The zero-order valence-corrected chi connectivity index (χ0v) is 19.6. The van der Waals surface area contributed by atoms with Crippen LogP contribution >= 0.6 is 23.8 Å². The number of hydrogen-bond acceptors (Lipinski definition) is 4. The number of rotatable bonds is 4. The Bertz CT molecular complexity index is 1530. The molecule has 6 nitrogen and oxygen atoms in total. The monoisotopic (exact) mass is 486 g/mol. The summed E-state index contributed by atoms with van der Waals surface area (Å²) in [6, 6.07) is 24.6. The maximum atomic E-state index is 13.0. The van der Waals surface area contributed by atoms with E-state index in [0.717, 1.165) is 27.4 Å². The number of aromatic nitrogens is 2. The molecule has 8 heteroatoms. The number of ether oxygens (including phenoxy) is 1. The molecule has 0 atom stereocenters. The molecule has 5 rings (SSSR count). The second-order valence-electron chi connectivity index (χ2n) is 7.61. The summed E-state index contributed by atoms with van der Waals surface area (Å²) in [5, 5.41) is 8.20. The van der Waals surface area contributed by atoms with Gasteiger partial charge >= 0.3 is 0 Å². The van der Waals surface area contributed by atoms with Crippen LogP contribution in [-0.2, 0) is 0 Å². The number of carbonyl (C=O) groups excluding carboxylic acids is 1. The first-order chi connectivity index (χ1) is 16.5.